The summed E-state index contributed by atoms with van der Waals surface area (Å²) in [4.78, 5) is 21.7. The van der Waals surface area contributed by atoms with Crippen LogP contribution in [0.25, 0.3) is 0 Å². The molecule has 0 spiro atoms. The molecule has 0 unspecified atom stereocenters. The molecule has 0 aromatic heterocycles. The van der Waals surface area contributed by atoms with Gasteiger partial charge in [0.2, 0.25) is 0 Å². The Morgan fingerprint density at radius 2 is 1.29 bits per heavy atom. The molecule has 1 aliphatic carbocycles. The molecule has 0 heterocycles. The predicted octanol–water partition coefficient (Wildman–Crippen LogP) is 1.52. The van der Waals surface area contributed by atoms with Crippen LogP contribution in [0.1, 0.15) is 26.7 Å². The van der Waals surface area contributed by atoms with Crippen LogP contribution in [0.15, 0.2) is 11.1 Å². The number of carbonyl (C=O) groups is 2. The van der Waals surface area contributed by atoms with E-state index in [2.05, 4.69) is 0 Å². The molecule has 0 aromatic carbocycles. The minimum atomic E-state index is -1.01. The monoisotopic (exact) mass is 198 g/mol. The first-order chi connectivity index (χ1) is 6.43. The fraction of sp³-hybridized carbons (Fsp3) is 0.600. The molecule has 1 aliphatic rings. The van der Waals surface area contributed by atoms with Crippen molar-refractivity contribution >= 4 is 11.9 Å². The van der Waals surface area contributed by atoms with Gasteiger partial charge in [-0.3, -0.25) is 9.59 Å². The standard InChI is InChI=1S/C10H14O4/c1-5-3-7(9(11)12)8(10(13)14)4-6(5)2/h7-8H,3-4H2,1-2H3,(H,11,12)(H,13,14)/t7-,8+. The second kappa shape index (κ2) is 3.82. The van der Waals surface area contributed by atoms with Crippen molar-refractivity contribution in [2.24, 2.45) is 11.8 Å². The minimum absolute atomic E-state index is 0.359. The van der Waals surface area contributed by atoms with E-state index in [9.17, 15) is 9.59 Å². The van der Waals surface area contributed by atoms with Crippen molar-refractivity contribution in [1.29, 1.82) is 0 Å². The van der Waals surface area contributed by atoms with Gasteiger partial charge in [-0.2, -0.15) is 0 Å². The molecule has 1 rings (SSSR count). The van der Waals surface area contributed by atoms with E-state index < -0.39 is 23.8 Å². The van der Waals surface area contributed by atoms with Gasteiger partial charge in [-0.05, 0) is 26.7 Å². The van der Waals surface area contributed by atoms with Gasteiger partial charge in [0.25, 0.3) is 0 Å². The van der Waals surface area contributed by atoms with Gasteiger partial charge in [0.15, 0.2) is 0 Å². The van der Waals surface area contributed by atoms with E-state index in [0.29, 0.717) is 12.8 Å². The third kappa shape index (κ3) is 1.95. The smallest absolute Gasteiger partial charge is 0.307 e. The molecule has 2 N–H and O–H groups in total. The number of hydrogen-bond acceptors (Lipinski definition) is 2. The normalized spacial score (nSPS) is 27.6. The van der Waals surface area contributed by atoms with Gasteiger partial charge in [-0.1, -0.05) is 11.1 Å². The zero-order valence-electron chi connectivity index (χ0n) is 8.28. The second-order valence-electron chi connectivity index (χ2n) is 3.86. The summed E-state index contributed by atoms with van der Waals surface area (Å²) in [6.45, 7) is 3.73. The lowest BCUT2D eigenvalue weighted by molar-refractivity contribution is -0.154. The summed E-state index contributed by atoms with van der Waals surface area (Å²) in [6, 6.07) is 0. The SMILES string of the molecule is CC1=C(C)C[C@@H](C(=O)O)[C@@H](C(=O)O)C1. The summed E-state index contributed by atoms with van der Waals surface area (Å²) in [6.07, 6.45) is 0.719. The topological polar surface area (TPSA) is 74.6 Å². The Kier molecular flexibility index (Phi) is 2.93. The first kappa shape index (κ1) is 10.8. The zero-order valence-corrected chi connectivity index (χ0v) is 8.28. The highest BCUT2D eigenvalue weighted by atomic mass is 16.4. The number of allylic oxidation sites excluding steroid dienone is 2. The average Bonchev–Trinajstić information content (AvgIpc) is 2.08. The van der Waals surface area contributed by atoms with Crippen molar-refractivity contribution in [2.75, 3.05) is 0 Å². The van der Waals surface area contributed by atoms with Crippen LogP contribution in [0.2, 0.25) is 0 Å². The van der Waals surface area contributed by atoms with Gasteiger partial charge < -0.3 is 10.2 Å². The van der Waals surface area contributed by atoms with Crippen molar-refractivity contribution in [3.63, 3.8) is 0 Å². The third-order valence-corrected chi connectivity index (χ3v) is 2.90. The van der Waals surface area contributed by atoms with Crippen molar-refractivity contribution in [2.45, 2.75) is 26.7 Å². The fourth-order valence-corrected chi connectivity index (χ4v) is 1.81. The highest BCUT2D eigenvalue weighted by molar-refractivity contribution is 5.81. The van der Waals surface area contributed by atoms with Crippen LogP contribution in [0, 0.1) is 11.8 Å². The van der Waals surface area contributed by atoms with Gasteiger partial charge in [-0.15, -0.1) is 0 Å². The zero-order chi connectivity index (χ0) is 10.9. The van der Waals surface area contributed by atoms with Crippen molar-refractivity contribution in [1.82, 2.24) is 0 Å². The van der Waals surface area contributed by atoms with Crippen LogP contribution in [0.5, 0.6) is 0 Å². The molecular weight excluding hydrogens is 184 g/mol. The number of carboxylic acids is 2. The Labute approximate surface area is 82.2 Å². The Bertz CT molecular complexity index is 273. The summed E-state index contributed by atoms with van der Waals surface area (Å²) in [5, 5.41) is 17.8. The molecule has 0 fully saturated rings. The van der Waals surface area contributed by atoms with Gasteiger partial charge in [0.05, 0.1) is 11.8 Å². The van der Waals surface area contributed by atoms with Gasteiger partial charge in [0.1, 0.15) is 0 Å². The summed E-state index contributed by atoms with van der Waals surface area (Å²) in [7, 11) is 0. The molecule has 0 radical (unpaired) electrons. The number of hydrogen-bond donors (Lipinski definition) is 2. The maximum Gasteiger partial charge on any atom is 0.307 e. The van der Waals surface area contributed by atoms with Crippen molar-refractivity contribution in [3.05, 3.63) is 11.1 Å². The highest BCUT2D eigenvalue weighted by Gasteiger charge is 2.37. The van der Waals surface area contributed by atoms with Crippen LogP contribution < -0.4 is 0 Å². The molecule has 0 amide bonds. The summed E-state index contributed by atoms with van der Waals surface area (Å²) in [5.41, 5.74) is 2.02. The fourth-order valence-electron chi connectivity index (χ4n) is 1.81. The van der Waals surface area contributed by atoms with E-state index in [-0.39, 0.29) is 0 Å². The van der Waals surface area contributed by atoms with E-state index in [1.807, 2.05) is 13.8 Å². The van der Waals surface area contributed by atoms with Crippen LogP contribution in [-0.2, 0) is 9.59 Å². The van der Waals surface area contributed by atoms with Crippen LogP contribution in [0.3, 0.4) is 0 Å². The first-order valence-corrected chi connectivity index (χ1v) is 4.54. The predicted molar refractivity (Wildman–Crippen MR) is 49.9 cm³/mol. The Morgan fingerprint density at radius 1 is 1.00 bits per heavy atom. The van der Waals surface area contributed by atoms with Gasteiger partial charge in [-0.25, -0.2) is 0 Å². The highest BCUT2D eigenvalue weighted by Crippen LogP contribution is 2.34. The number of aliphatic carboxylic acids is 2. The largest absolute Gasteiger partial charge is 0.481 e. The second-order valence-corrected chi connectivity index (χ2v) is 3.86. The van der Waals surface area contributed by atoms with Crippen molar-refractivity contribution < 1.29 is 19.8 Å². The Balaban J connectivity index is 2.95. The lowest BCUT2D eigenvalue weighted by Gasteiger charge is -2.27. The van der Waals surface area contributed by atoms with Crippen molar-refractivity contribution in [3.8, 4) is 0 Å². The lowest BCUT2D eigenvalue weighted by atomic mass is 9.76. The molecular formula is C10H14O4. The average molecular weight is 198 g/mol. The van der Waals surface area contributed by atoms with Crippen LogP contribution >= 0.6 is 0 Å². The van der Waals surface area contributed by atoms with Gasteiger partial charge >= 0.3 is 11.9 Å². The molecule has 0 saturated carbocycles. The molecule has 14 heavy (non-hydrogen) atoms. The quantitative estimate of drug-likeness (QED) is 0.659. The molecule has 78 valence electrons. The molecule has 0 saturated heterocycles. The summed E-state index contributed by atoms with van der Waals surface area (Å²) < 4.78 is 0. The van der Waals surface area contributed by atoms with Crippen LogP contribution in [0.4, 0.5) is 0 Å². The number of rotatable bonds is 2. The van der Waals surface area contributed by atoms with E-state index in [4.69, 9.17) is 10.2 Å². The Hall–Kier alpha value is -1.32. The maximum absolute atomic E-state index is 10.8. The van der Waals surface area contributed by atoms with E-state index in [1.54, 1.807) is 0 Å². The minimum Gasteiger partial charge on any atom is -0.481 e. The maximum atomic E-state index is 10.8. The molecule has 0 bridgehead atoms. The molecule has 0 aromatic rings. The first-order valence-electron chi connectivity index (χ1n) is 4.54. The van der Waals surface area contributed by atoms with Crippen LogP contribution in [-0.4, -0.2) is 22.2 Å². The van der Waals surface area contributed by atoms with E-state index in [1.165, 1.54) is 0 Å². The lowest BCUT2D eigenvalue weighted by Crippen LogP contribution is -2.33. The summed E-state index contributed by atoms with van der Waals surface area (Å²) >= 11 is 0. The molecule has 4 heteroatoms. The molecule has 0 aliphatic heterocycles. The molecule has 2 atom stereocenters. The van der Waals surface area contributed by atoms with Gasteiger partial charge in [0, 0.05) is 0 Å². The van der Waals surface area contributed by atoms with E-state index >= 15 is 0 Å². The third-order valence-electron chi connectivity index (χ3n) is 2.90. The number of carboxylic acid groups (broad SMARTS) is 2. The Morgan fingerprint density at radius 3 is 1.50 bits per heavy atom. The van der Waals surface area contributed by atoms with E-state index in [0.717, 1.165) is 11.1 Å². The summed E-state index contributed by atoms with van der Waals surface area (Å²) in [5.74, 6) is -3.55. The molecule has 4 nitrogen and oxygen atoms in total.